The Bertz CT molecular complexity index is 1250. The minimum atomic E-state index is -0.199. The van der Waals surface area contributed by atoms with Crippen LogP contribution >= 0.6 is 12.2 Å². The smallest absolute Gasteiger partial charge is 0.227 e. The van der Waals surface area contributed by atoms with E-state index in [1.165, 1.54) is 0 Å². The number of nitrogens with zero attached hydrogens (tertiary/aromatic N) is 4. The van der Waals surface area contributed by atoms with E-state index in [4.69, 9.17) is 17.0 Å². The molecule has 0 fully saturated rings. The number of aromatic nitrogens is 5. The second kappa shape index (κ2) is 9.97. The minimum Gasteiger partial charge on any atom is -0.485 e. The summed E-state index contributed by atoms with van der Waals surface area (Å²) in [7, 11) is 0. The zero-order valence-electron chi connectivity index (χ0n) is 17.5. The maximum absolute atomic E-state index is 12.6. The first-order chi connectivity index (χ1) is 15.6. The van der Waals surface area contributed by atoms with Crippen LogP contribution in [-0.2, 0) is 17.9 Å². The fourth-order valence-electron chi connectivity index (χ4n) is 3.10. The van der Waals surface area contributed by atoms with E-state index in [0.29, 0.717) is 35.3 Å². The van der Waals surface area contributed by atoms with Crippen LogP contribution < -0.4 is 10.1 Å². The number of hydrogen-bond donors (Lipinski definition) is 2. The molecule has 0 bridgehead atoms. The van der Waals surface area contributed by atoms with Gasteiger partial charge in [-0.1, -0.05) is 29.8 Å². The maximum Gasteiger partial charge on any atom is 0.227 e. The molecule has 0 spiro atoms. The third kappa shape index (κ3) is 5.25. The van der Waals surface area contributed by atoms with E-state index in [1.54, 1.807) is 30.7 Å². The van der Waals surface area contributed by atoms with Gasteiger partial charge in [0, 0.05) is 37.1 Å². The summed E-state index contributed by atoms with van der Waals surface area (Å²) in [6.07, 6.45) is 5.22. The van der Waals surface area contributed by atoms with Crippen LogP contribution in [0.15, 0.2) is 67.1 Å². The van der Waals surface area contributed by atoms with E-state index in [0.717, 1.165) is 16.7 Å². The van der Waals surface area contributed by atoms with E-state index in [2.05, 4.69) is 25.5 Å². The van der Waals surface area contributed by atoms with Crippen LogP contribution in [0.5, 0.6) is 5.75 Å². The summed E-state index contributed by atoms with van der Waals surface area (Å²) < 4.78 is 8.12. The molecular weight excluding hydrogens is 424 g/mol. The van der Waals surface area contributed by atoms with Gasteiger partial charge in [0.15, 0.2) is 22.2 Å². The monoisotopic (exact) mass is 446 g/mol. The second-order valence-corrected chi connectivity index (χ2v) is 7.55. The standard InChI is InChI=1S/C23H22N6O2S/c1-16-4-6-18(7-5-16)22-27-28-23(32)29(22)14-10-20(30)26-21-19(3-2-11-25-21)31-15-17-8-12-24-13-9-17/h2-9,11-13H,10,14-15H2,1H3,(H,28,32)(H,25,26,30). The summed E-state index contributed by atoms with van der Waals surface area (Å²) in [4.78, 5) is 20.9. The molecule has 2 N–H and O–H groups in total. The third-order valence-electron chi connectivity index (χ3n) is 4.80. The molecule has 0 radical (unpaired) electrons. The van der Waals surface area contributed by atoms with Gasteiger partial charge in [-0.05, 0) is 49.0 Å². The number of carbonyl (C=O) groups is 1. The fraction of sp³-hybridized carbons (Fsp3) is 0.174. The lowest BCUT2D eigenvalue weighted by Gasteiger charge is -2.12. The van der Waals surface area contributed by atoms with Crippen molar-refractivity contribution in [3.05, 3.63) is 83.0 Å². The molecule has 0 aliphatic heterocycles. The fourth-order valence-corrected chi connectivity index (χ4v) is 3.32. The van der Waals surface area contributed by atoms with Gasteiger partial charge in [-0.25, -0.2) is 4.98 Å². The molecule has 0 unspecified atom stereocenters. The SMILES string of the molecule is Cc1ccc(-c2n[nH]c(=S)n2CCC(=O)Nc2ncccc2OCc2ccncc2)cc1. The first-order valence-corrected chi connectivity index (χ1v) is 10.5. The van der Waals surface area contributed by atoms with Crippen molar-refractivity contribution < 1.29 is 9.53 Å². The number of nitrogens with one attached hydrogen (secondary N) is 2. The van der Waals surface area contributed by atoms with Crippen molar-refractivity contribution in [3.63, 3.8) is 0 Å². The molecule has 3 heterocycles. The number of ether oxygens (including phenoxy) is 1. The van der Waals surface area contributed by atoms with Gasteiger partial charge >= 0.3 is 0 Å². The quantitative estimate of drug-likeness (QED) is 0.391. The zero-order chi connectivity index (χ0) is 22.3. The van der Waals surface area contributed by atoms with Gasteiger partial charge in [-0.15, -0.1) is 0 Å². The average Bonchev–Trinajstić information content (AvgIpc) is 3.18. The van der Waals surface area contributed by atoms with Gasteiger partial charge in [-0.2, -0.15) is 5.10 Å². The lowest BCUT2D eigenvalue weighted by Crippen LogP contribution is -2.16. The molecule has 32 heavy (non-hydrogen) atoms. The van der Waals surface area contributed by atoms with Crippen molar-refractivity contribution in [1.82, 2.24) is 24.7 Å². The third-order valence-corrected chi connectivity index (χ3v) is 5.11. The summed E-state index contributed by atoms with van der Waals surface area (Å²) in [6.45, 7) is 2.75. The lowest BCUT2D eigenvalue weighted by atomic mass is 10.1. The van der Waals surface area contributed by atoms with Gasteiger partial charge in [0.05, 0.1) is 0 Å². The number of carbonyl (C=O) groups excluding carboxylic acids is 1. The highest BCUT2D eigenvalue weighted by Gasteiger charge is 2.13. The van der Waals surface area contributed by atoms with Crippen LogP contribution in [-0.4, -0.2) is 30.6 Å². The number of aryl methyl sites for hydroxylation is 1. The Morgan fingerprint density at radius 2 is 1.91 bits per heavy atom. The Morgan fingerprint density at radius 1 is 1.12 bits per heavy atom. The zero-order valence-corrected chi connectivity index (χ0v) is 18.3. The Hall–Kier alpha value is -3.85. The highest BCUT2D eigenvalue weighted by Crippen LogP contribution is 2.23. The number of rotatable bonds is 8. The number of benzene rings is 1. The predicted octanol–water partition coefficient (Wildman–Crippen LogP) is 4.31. The molecule has 3 aromatic heterocycles. The number of amides is 1. The molecule has 9 heteroatoms. The van der Waals surface area contributed by atoms with E-state index < -0.39 is 0 Å². The normalized spacial score (nSPS) is 10.7. The summed E-state index contributed by atoms with van der Waals surface area (Å²) in [5.41, 5.74) is 3.06. The Labute approximate surface area is 190 Å². The topological polar surface area (TPSA) is 97.7 Å². The average molecular weight is 447 g/mol. The Kier molecular flexibility index (Phi) is 6.66. The van der Waals surface area contributed by atoms with Crippen LogP contribution in [0.3, 0.4) is 0 Å². The summed E-state index contributed by atoms with van der Waals surface area (Å²) >= 11 is 5.36. The van der Waals surface area contributed by atoms with Crippen LogP contribution in [0, 0.1) is 11.7 Å². The van der Waals surface area contributed by atoms with E-state index in [-0.39, 0.29) is 12.3 Å². The molecular formula is C23H22N6O2S. The summed E-state index contributed by atoms with van der Waals surface area (Å²) in [6, 6.07) is 15.3. The Morgan fingerprint density at radius 3 is 2.69 bits per heavy atom. The van der Waals surface area contributed by atoms with Crippen LogP contribution in [0.25, 0.3) is 11.4 Å². The van der Waals surface area contributed by atoms with E-state index in [1.807, 2.05) is 47.9 Å². The molecule has 4 rings (SSSR count). The van der Waals surface area contributed by atoms with Gasteiger partial charge < -0.3 is 10.1 Å². The molecule has 4 aromatic rings. The minimum absolute atomic E-state index is 0.199. The maximum atomic E-state index is 12.6. The van der Waals surface area contributed by atoms with Gasteiger partial charge in [0.2, 0.25) is 5.91 Å². The van der Waals surface area contributed by atoms with Crippen LogP contribution in [0.2, 0.25) is 0 Å². The molecule has 0 saturated carbocycles. The summed E-state index contributed by atoms with van der Waals surface area (Å²) in [5, 5.41) is 9.96. The molecule has 8 nitrogen and oxygen atoms in total. The van der Waals surface area contributed by atoms with Crippen molar-refractivity contribution in [2.24, 2.45) is 0 Å². The molecule has 1 aromatic carbocycles. The van der Waals surface area contributed by atoms with Crippen molar-refractivity contribution in [3.8, 4) is 17.1 Å². The van der Waals surface area contributed by atoms with Gasteiger partial charge in [0.1, 0.15) is 6.61 Å². The first-order valence-electron chi connectivity index (χ1n) is 10.1. The van der Waals surface area contributed by atoms with Gasteiger partial charge in [-0.3, -0.25) is 19.4 Å². The molecule has 1 amide bonds. The Balaban J connectivity index is 1.41. The largest absolute Gasteiger partial charge is 0.485 e. The first kappa shape index (κ1) is 21.4. The number of H-pyrrole nitrogens is 1. The predicted molar refractivity (Wildman–Crippen MR) is 124 cm³/mol. The van der Waals surface area contributed by atoms with Crippen molar-refractivity contribution in [2.75, 3.05) is 5.32 Å². The molecule has 162 valence electrons. The second-order valence-electron chi connectivity index (χ2n) is 7.16. The van der Waals surface area contributed by atoms with Crippen molar-refractivity contribution >= 4 is 23.9 Å². The van der Waals surface area contributed by atoms with Crippen molar-refractivity contribution in [2.45, 2.75) is 26.5 Å². The molecule has 0 saturated heterocycles. The summed E-state index contributed by atoms with van der Waals surface area (Å²) in [5.74, 6) is 1.37. The molecule has 0 aliphatic carbocycles. The molecule has 0 aliphatic rings. The van der Waals surface area contributed by atoms with Crippen LogP contribution in [0.4, 0.5) is 5.82 Å². The number of hydrogen-bond acceptors (Lipinski definition) is 6. The van der Waals surface area contributed by atoms with Crippen LogP contribution in [0.1, 0.15) is 17.5 Å². The lowest BCUT2D eigenvalue weighted by molar-refractivity contribution is -0.116. The highest BCUT2D eigenvalue weighted by atomic mass is 32.1. The molecule has 0 atom stereocenters. The van der Waals surface area contributed by atoms with E-state index >= 15 is 0 Å². The number of anilines is 1. The van der Waals surface area contributed by atoms with Gasteiger partial charge in [0.25, 0.3) is 0 Å². The number of aromatic amines is 1. The van der Waals surface area contributed by atoms with Crippen molar-refractivity contribution in [1.29, 1.82) is 0 Å². The van der Waals surface area contributed by atoms with E-state index in [9.17, 15) is 4.79 Å². The number of pyridine rings is 2. The highest BCUT2D eigenvalue weighted by molar-refractivity contribution is 7.71.